The average molecular weight is 425 g/mol. The first-order valence-electron chi connectivity index (χ1n) is 9.83. The molecule has 1 aliphatic heterocycles. The highest BCUT2D eigenvalue weighted by atomic mass is 19.1. The number of aromatic nitrogens is 3. The Kier molecular flexibility index (Phi) is 5.50. The summed E-state index contributed by atoms with van der Waals surface area (Å²) in [4.78, 5) is 31.4. The number of halogens is 2. The van der Waals surface area contributed by atoms with Gasteiger partial charge < -0.3 is 5.32 Å². The lowest BCUT2D eigenvalue weighted by atomic mass is 9.95. The number of benzene rings is 1. The fraction of sp³-hybridized carbons (Fsp3) is 0.273. The van der Waals surface area contributed by atoms with Crippen molar-refractivity contribution in [2.24, 2.45) is 5.92 Å². The zero-order chi connectivity index (χ0) is 22.1. The summed E-state index contributed by atoms with van der Waals surface area (Å²) >= 11 is 0. The Hall–Kier alpha value is -3.62. The minimum Gasteiger partial charge on any atom is -0.338 e. The topological polar surface area (TPSA) is 80.1 Å². The summed E-state index contributed by atoms with van der Waals surface area (Å²) in [5, 5.41) is 6.67. The van der Waals surface area contributed by atoms with E-state index in [-0.39, 0.29) is 24.2 Å². The Labute approximate surface area is 177 Å². The third-order valence-electron chi connectivity index (χ3n) is 5.37. The van der Waals surface area contributed by atoms with E-state index >= 15 is 0 Å². The molecule has 3 heterocycles. The number of fused-ring (bicyclic) bond motifs is 1. The third-order valence-corrected chi connectivity index (χ3v) is 5.37. The monoisotopic (exact) mass is 425 g/mol. The van der Waals surface area contributed by atoms with Crippen LogP contribution in [0.2, 0.25) is 0 Å². The van der Waals surface area contributed by atoms with Crippen molar-refractivity contribution in [3.05, 3.63) is 77.2 Å². The predicted molar refractivity (Wildman–Crippen MR) is 109 cm³/mol. The number of nitrogens with one attached hydrogen (secondary N) is 1. The van der Waals surface area contributed by atoms with E-state index in [0.717, 1.165) is 11.8 Å². The minimum absolute atomic E-state index is 0.174. The van der Waals surface area contributed by atoms with Gasteiger partial charge in [-0.2, -0.15) is 5.10 Å². The molecule has 1 aliphatic rings. The van der Waals surface area contributed by atoms with Crippen LogP contribution in [-0.2, 0) is 17.8 Å². The number of likely N-dealkylation sites (N-methyl/N-ethyl adjacent to an activating group) is 1. The molecule has 0 radical (unpaired) electrons. The standard InChI is InChI=1S/C22H21F2N5O2/c1-13-10-15-4-3-9-25-20(15)28(2)22(31)18(13)26-21(30)19-17(24)12-29(27-19)11-14-5-7-16(23)8-6-14/h3-9,12-13,18H,10-11H2,1-2H3,(H,26,30)/t13-,18-/m1/s1. The molecule has 0 aliphatic carbocycles. The fourth-order valence-corrected chi connectivity index (χ4v) is 3.74. The lowest BCUT2D eigenvalue weighted by Gasteiger charge is -2.24. The van der Waals surface area contributed by atoms with Crippen molar-refractivity contribution in [2.45, 2.75) is 25.9 Å². The summed E-state index contributed by atoms with van der Waals surface area (Å²) in [7, 11) is 1.60. The number of carbonyl (C=O) groups is 2. The van der Waals surface area contributed by atoms with Gasteiger partial charge in [0.1, 0.15) is 17.7 Å². The van der Waals surface area contributed by atoms with Crippen LogP contribution in [0.25, 0.3) is 0 Å². The quantitative estimate of drug-likeness (QED) is 0.697. The number of anilines is 1. The second kappa shape index (κ2) is 8.25. The van der Waals surface area contributed by atoms with Gasteiger partial charge in [0.05, 0.1) is 12.7 Å². The van der Waals surface area contributed by atoms with E-state index in [9.17, 15) is 18.4 Å². The second-order valence-corrected chi connectivity index (χ2v) is 7.67. The summed E-state index contributed by atoms with van der Waals surface area (Å²) in [6.07, 6.45) is 3.24. The summed E-state index contributed by atoms with van der Waals surface area (Å²) in [6, 6.07) is 8.55. The van der Waals surface area contributed by atoms with Crippen molar-refractivity contribution in [2.75, 3.05) is 11.9 Å². The first-order valence-corrected chi connectivity index (χ1v) is 9.83. The van der Waals surface area contributed by atoms with E-state index in [0.29, 0.717) is 17.8 Å². The summed E-state index contributed by atoms with van der Waals surface area (Å²) in [5.41, 5.74) is 1.21. The highest BCUT2D eigenvalue weighted by molar-refractivity contribution is 6.02. The highest BCUT2D eigenvalue weighted by Gasteiger charge is 2.35. The zero-order valence-corrected chi connectivity index (χ0v) is 17.0. The molecule has 0 spiro atoms. The molecule has 0 unspecified atom stereocenters. The summed E-state index contributed by atoms with van der Waals surface area (Å²) < 4.78 is 28.8. The van der Waals surface area contributed by atoms with Crippen LogP contribution < -0.4 is 10.2 Å². The van der Waals surface area contributed by atoms with Crippen LogP contribution in [-0.4, -0.2) is 39.7 Å². The van der Waals surface area contributed by atoms with Crippen LogP contribution in [0.15, 0.2) is 48.8 Å². The Morgan fingerprint density at radius 3 is 2.71 bits per heavy atom. The first kappa shape index (κ1) is 20.6. The van der Waals surface area contributed by atoms with Gasteiger partial charge in [0, 0.05) is 13.2 Å². The number of hydrogen-bond acceptors (Lipinski definition) is 4. The lowest BCUT2D eigenvalue weighted by molar-refractivity contribution is -0.121. The molecule has 0 saturated carbocycles. The number of rotatable bonds is 4. The largest absolute Gasteiger partial charge is 0.338 e. The smallest absolute Gasteiger partial charge is 0.275 e. The molecule has 4 rings (SSSR count). The van der Waals surface area contributed by atoms with Crippen LogP contribution in [0.1, 0.15) is 28.5 Å². The molecule has 2 amide bonds. The number of pyridine rings is 1. The number of carbonyl (C=O) groups excluding carboxylic acids is 2. The maximum atomic E-state index is 14.4. The van der Waals surface area contributed by atoms with E-state index in [1.54, 1.807) is 31.4 Å². The first-order chi connectivity index (χ1) is 14.8. The Morgan fingerprint density at radius 2 is 1.97 bits per heavy atom. The van der Waals surface area contributed by atoms with Crippen molar-refractivity contribution in [3.63, 3.8) is 0 Å². The molecular formula is C22H21F2N5O2. The Bertz CT molecular complexity index is 1130. The second-order valence-electron chi connectivity index (χ2n) is 7.67. The Morgan fingerprint density at radius 1 is 1.23 bits per heavy atom. The normalized spacial score (nSPS) is 18.5. The minimum atomic E-state index is -0.853. The van der Waals surface area contributed by atoms with E-state index < -0.39 is 23.5 Å². The molecule has 1 N–H and O–H groups in total. The average Bonchev–Trinajstić information content (AvgIpc) is 3.09. The van der Waals surface area contributed by atoms with Crippen molar-refractivity contribution in [1.82, 2.24) is 20.1 Å². The van der Waals surface area contributed by atoms with Crippen LogP contribution in [0.3, 0.4) is 0 Å². The molecule has 0 saturated heterocycles. The molecule has 7 nitrogen and oxygen atoms in total. The summed E-state index contributed by atoms with van der Waals surface area (Å²) in [6.45, 7) is 2.02. The van der Waals surface area contributed by atoms with Crippen molar-refractivity contribution < 1.29 is 18.4 Å². The van der Waals surface area contributed by atoms with E-state index in [1.165, 1.54) is 21.7 Å². The summed E-state index contributed by atoms with van der Waals surface area (Å²) in [5.74, 6) is -1.96. The number of nitrogens with zero attached hydrogens (tertiary/aromatic N) is 4. The third kappa shape index (κ3) is 4.16. The van der Waals surface area contributed by atoms with Crippen LogP contribution in [0.4, 0.5) is 14.6 Å². The van der Waals surface area contributed by atoms with Gasteiger partial charge in [-0.25, -0.2) is 13.8 Å². The van der Waals surface area contributed by atoms with Crippen molar-refractivity contribution >= 4 is 17.6 Å². The molecule has 1 aromatic carbocycles. The van der Waals surface area contributed by atoms with Gasteiger partial charge in [0.2, 0.25) is 0 Å². The molecule has 160 valence electrons. The molecule has 0 fully saturated rings. The SMILES string of the molecule is C[C@@H]1Cc2cccnc2N(C)C(=O)[C@@H]1NC(=O)c1nn(Cc2ccc(F)cc2)cc1F. The maximum absolute atomic E-state index is 14.4. The van der Waals surface area contributed by atoms with E-state index in [1.807, 2.05) is 13.0 Å². The van der Waals surface area contributed by atoms with Gasteiger partial charge in [0.15, 0.2) is 11.5 Å². The lowest BCUT2D eigenvalue weighted by Crippen LogP contribution is -2.50. The highest BCUT2D eigenvalue weighted by Crippen LogP contribution is 2.27. The van der Waals surface area contributed by atoms with Gasteiger partial charge in [-0.15, -0.1) is 0 Å². The Balaban J connectivity index is 1.52. The number of hydrogen-bond donors (Lipinski definition) is 1. The van der Waals surface area contributed by atoms with Crippen LogP contribution in [0.5, 0.6) is 0 Å². The molecular weight excluding hydrogens is 404 g/mol. The molecule has 2 atom stereocenters. The predicted octanol–water partition coefficient (Wildman–Crippen LogP) is 2.56. The van der Waals surface area contributed by atoms with Gasteiger partial charge in [0.25, 0.3) is 11.8 Å². The maximum Gasteiger partial charge on any atom is 0.275 e. The fourth-order valence-electron chi connectivity index (χ4n) is 3.74. The molecule has 9 heteroatoms. The molecule has 31 heavy (non-hydrogen) atoms. The number of amides is 2. The van der Waals surface area contributed by atoms with Crippen molar-refractivity contribution in [1.29, 1.82) is 0 Å². The van der Waals surface area contributed by atoms with Crippen molar-refractivity contribution in [3.8, 4) is 0 Å². The molecule has 2 aromatic heterocycles. The van der Waals surface area contributed by atoms with Gasteiger partial charge in [-0.1, -0.05) is 25.1 Å². The van der Waals surface area contributed by atoms with Gasteiger partial charge in [-0.05, 0) is 41.7 Å². The van der Waals surface area contributed by atoms with Crippen LogP contribution in [0, 0.1) is 17.6 Å². The van der Waals surface area contributed by atoms with E-state index in [4.69, 9.17) is 0 Å². The molecule has 0 bridgehead atoms. The van der Waals surface area contributed by atoms with Gasteiger partial charge in [-0.3, -0.25) is 19.2 Å². The zero-order valence-electron chi connectivity index (χ0n) is 17.0. The van der Waals surface area contributed by atoms with Gasteiger partial charge >= 0.3 is 0 Å². The van der Waals surface area contributed by atoms with Crippen LogP contribution >= 0.6 is 0 Å². The van der Waals surface area contributed by atoms with E-state index in [2.05, 4.69) is 15.4 Å². The molecule has 3 aromatic rings.